The van der Waals surface area contributed by atoms with Crippen LogP contribution in [0.25, 0.3) is 0 Å². The molecule has 1 amide bonds. The van der Waals surface area contributed by atoms with Crippen molar-refractivity contribution in [1.29, 1.82) is 0 Å². The van der Waals surface area contributed by atoms with Crippen LogP contribution in [-0.2, 0) is 16.1 Å². The number of nitrogens with one attached hydrogen (secondary N) is 2. The molecule has 0 aliphatic carbocycles. The molecule has 1 aliphatic heterocycles. The summed E-state index contributed by atoms with van der Waals surface area (Å²) in [6, 6.07) is 15.8. The molecule has 1 aliphatic rings. The Morgan fingerprint density at radius 3 is 2.80 bits per heavy atom. The minimum absolute atomic E-state index is 0.0978. The molecule has 0 aromatic heterocycles. The van der Waals surface area contributed by atoms with E-state index in [1.165, 1.54) is 0 Å². The molecule has 0 unspecified atom stereocenters. The van der Waals surface area contributed by atoms with E-state index in [4.69, 9.17) is 21.1 Å². The van der Waals surface area contributed by atoms with Crippen molar-refractivity contribution in [2.75, 3.05) is 45.3 Å². The fourth-order valence-corrected chi connectivity index (χ4v) is 3.61. The third-order valence-corrected chi connectivity index (χ3v) is 5.56. The normalized spacial score (nSPS) is 14.5. The Bertz CT molecular complexity index is 812. The van der Waals surface area contributed by atoms with Gasteiger partial charge in [0.05, 0.1) is 17.3 Å². The Balaban J connectivity index is 1.38. The maximum Gasteiger partial charge on any atom is 0.239 e. The average molecular weight is 432 g/mol. The number of nitrogens with zero attached hydrogens (tertiary/aromatic N) is 1. The van der Waals surface area contributed by atoms with E-state index in [-0.39, 0.29) is 12.5 Å². The number of rotatable bonds is 10. The smallest absolute Gasteiger partial charge is 0.239 e. The van der Waals surface area contributed by atoms with E-state index in [1.807, 2.05) is 42.5 Å². The number of ether oxygens (including phenoxy) is 2. The van der Waals surface area contributed by atoms with Crippen molar-refractivity contribution < 1.29 is 14.3 Å². The highest BCUT2D eigenvalue weighted by molar-refractivity contribution is 6.33. The molecule has 1 saturated heterocycles. The van der Waals surface area contributed by atoms with Gasteiger partial charge in [-0.05, 0) is 49.7 Å². The van der Waals surface area contributed by atoms with Crippen molar-refractivity contribution in [2.45, 2.75) is 25.4 Å². The van der Waals surface area contributed by atoms with Crippen LogP contribution in [0.5, 0.6) is 5.75 Å². The Morgan fingerprint density at radius 2 is 2.00 bits per heavy atom. The fourth-order valence-electron chi connectivity index (χ4n) is 3.40. The highest BCUT2D eigenvalue weighted by atomic mass is 35.5. The van der Waals surface area contributed by atoms with Gasteiger partial charge in [0.2, 0.25) is 5.91 Å². The molecule has 162 valence electrons. The quantitative estimate of drug-likeness (QED) is 0.602. The molecule has 2 N–H and O–H groups in total. The molecule has 1 fully saturated rings. The largest absolute Gasteiger partial charge is 0.492 e. The maximum atomic E-state index is 12.1. The summed E-state index contributed by atoms with van der Waals surface area (Å²) in [5.74, 6) is 0.718. The van der Waals surface area contributed by atoms with E-state index in [0.717, 1.165) is 49.6 Å². The summed E-state index contributed by atoms with van der Waals surface area (Å²) in [7, 11) is 2.14. The maximum absolute atomic E-state index is 12.1. The number of carbonyl (C=O) groups excluding carboxylic acids is 1. The van der Waals surface area contributed by atoms with Gasteiger partial charge in [-0.3, -0.25) is 9.69 Å². The van der Waals surface area contributed by atoms with Crippen LogP contribution in [0, 0.1) is 0 Å². The van der Waals surface area contributed by atoms with Crippen molar-refractivity contribution in [1.82, 2.24) is 10.2 Å². The Hall–Kier alpha value is -2.28. The summed E-state index contributed by atoms with van der Waals surface area (Å²) in [5, 5.41) is 6.55. The van der Waals surface area contributed by atoms with Gasteiger partial charge in [0.15, 0.2) is 0 Å². The van der Waals surface area contributed by atoms with Gasteiger partial charge in [0.1, 0.15) is 12.4 Å². The first-order valence-electron chi connectivity index (χ1n) is 10.4. The molecule has 0 radical (unpaired) electrons. The highest BCUT2D eigenvalue weighted by Gasteiger charge is 2.18. The van der Waals surface area contributed by atoms with Crippen LogP contribution in [0.3, 0.4) is 0 Å². The molecule has 2 aromatic carbocycles. The van der Waals surface area contributed by atoms with E-state index in [9.17, 15) is 4.79 Å². The van der Waals surface area contributed by atoms with Gasteiger partial charge in [-0.1, -0.05) is 35.9 Å². The van der Waals surface area contributed by atoms with Gasteiger partial charge in [0.25, 0.3) is 0 Å². The zero-order chi connectivity index (χ0) is 21.2. The molecular weight excluding hydrogens is 402 g/mol. The van der Waals surface area contributed by atoms with Crippen LogP contribution < -0.4 is 15.4 Å². The lowest BCUT2D eigenvalue weighted by Crippen LogP contribution is -2.38. The van der Waals surface area contributed by atoms with Crippen LogP contribution in [0.4, 0.5) is 5.69 Å². The molecule has 1 heterocycles. The first-order chi connectivity index (χ1) is 14.6. The summed E-state index contributed by atoms with van der Waals surface area (Å²) in [6.45, 7) is 3.81. The molecule has 0 atom stereocenters. The van der Waals surface area contributed by atoms with Gasteiger partial charge in [0, 0.05) is 32.3 Å². The number of halogens is 1. The first-order valence-corrected chi connectivity index (χ1v) is 10.7. The zero-order valence-corrected chi connectivity index (χ0v) is 18.2. The Morgan fingerprint density at radius 1 is 1.20 bits per heavy atom. The Kier molecular flexibility index (Phi) is 8.81. The number of carbonyl (C=O) groups is 1. The lowest BCUT2D eigenvalue weighted by atomic mass is 10.1. The molecule has 0 saturated carbocycles. The summed E-state index contributed by atoms with van der Waals surface area (Å²) >= 11 is 6.09. The zero-order valence-electron chi connectivity index (χ0n) is 17.4. The number of amides is 1. The third-order valence-electron chi connectivity index (χ3n) is 5.23. The second-order valence-electron chi connectivity index (χ2n) is 7.43. The number of benzene rings is 2. The van der Waals surface area contributed by atoms with Crippen molar-refractivity contribution in [3.05, 3.63) is 59.1 Å². The van der Waals surface area contributed by atoms with Gasteiger partial charge < -0.3 is 20.1 Å². The minimum atomic E-state index is -0.0978. The van der Waals surface area contributed by atoms with Gasteiger partial charge in [-0.15, -0.1) is 0 Å². The van der Waals surface area contributed by atoms with E-state index in [0.29, 0.717) is 24.2 Å². The van der Waals surface area contributed by atoms with Gasteiger partial charge >= 0.3 is 0 Å². The second-order valence-corrected chi connectivity index (χ2v) is 7.84. The summed E-state index contributed by atoms with van der Waals surface area (Å²) in [4.78, 5) is 14.5. The summed E-state index contributed by atoms with van der Waals surface area (Å²) in [5.41, 5.74) is 1.74. The molecule has 3 rings (SSSR count). The number of hydrogen-bond acceptors (Lipinski definition) is 5. The lowest BCUT2D eigenvalue weighted by molar-refractivity contribution is -0.119. The van der Waals surface area contributed by atoms with E-state index < -0.39 is 0 Å². The van der Waals surface area contributed by atoms with E-state index in [2.05, 4.69) is 22.6 Å². The van der Waals surface area contributed by atoms with Crippen LogP contribution in [0.15, 0.2) is 48.5 Å². The van der Waals surface area contributed by atoms with Crippen molar-refractivity contribution in [2.24, 2.45) is 0 Å². The summed E-state index contributed by atoms with van der Waals surface area (Å²) in [6.07, 6.45) is 2.16. The number of para-hydroxylation sites is 1. The predicted molar refractivity (Wildman–Crippen MR) is 120 cm³/mol. The van der Waals surface area contributed by atoms with Crippen molar-refractivity contribution >= 4 is 23.2 Å². The molecule has 7 heteroatoms. The average Bonchev–Trinajstić information content (AvgIpc) is 2.78. The van der Waals surface area contributed by atoms with Crippen LogP contribution in [-0.4, -0.2) is 56.8 Å². The number of hydrogen-bond donors (Lipinski definition) is 2. The summed E-state index contributed by atoms with van der Waals surface area (Å²) < 4.78 is 11.3. The lowest BCUT2D eigenvalue weighted by Gasteiger charge is -2.31. The number of anilines is 1. The van der Waals surface area contributed by atoms with Gasteiger partial charge in [-0.2, -0.15) is 0 Å². The fraction of sp³-hybridized carbons (Fsp3) is 0.435. The second kappa shape index (κ2) is 11.8. The van der Waals surface area contributed by atoms with Crippen LogP contribution in [0.2, 0.25) is 5.02 Å². The van der Waals surface area contributed by atoms with E-state index in [1.54, 1.807) is 6.07 Å². The van der Waals surface area contributed by atoms with Gasteiger partial charge in [-0.25, -0.2) is 0 Å². The monoisotopic (exact) mass is 431 g/mol. The minimum Gasteiger partial charge on any atom is -0.492 e. The van der Waals surface area contributed by atoms with Crippen molar-refractivity contribution in [3.8, 4) is 5.75 Å². The number of likely N-dealkylation sites (N-methyl/N-ethyl adjacent to an activating group) is 1. The third kappa shape index (κ3) is 7.20. The standard InChI is InChI=1S/C23H30ClN3O3/c1-27(19-9-12-29-13-10-19)11-14-30-20-6-4-5-18(15-20)16-26-23(28)17-25-22-8-3-2-7-21(22)24/h2-8,15,19,25H,9-14,16-17H2,1H3,(H,26,28). The van der Waals surface area contributed by atoms with E-state index >= 15 is 0 Å². The molecule has 30 heavy (non-hydrogen) atoms. The topological polar surface area (TPSA) is 62.8 Å². The predicted octanol–water partition coefficient (Wildman–Crippen LogP) is 3.56. The molecule has 2 aromatic rings. The first kappa shape index (κ1) is 22.4. The molecule has 0 bridgehead atoms. The molecule has 0 spiro atoms. The molecular formula is C23H30ClN3O3. The van der Waals surface area contributed by atoms with Crippen molar-refractivity contribution in [3.63, 3.8) is 0 Å². The highest BCUT2D eigenvalue weighted by Crippen LogP contribution is 2.20. The molecule has 6 nitrogen and oxygen atoms in total. The van der Waals surface area contributed by atoms with Crippen LogP contribution >= 0.6 is 11.6 Å². The Labute approximate surface area is 183 Å². The SMILES string of the molecule is CN(CCOc1cccc(CNC(=O)CNc2ccccc2Cl)c1)C1CCOCC1. The van der Waals surface area contributed by atoms with Crippen LogP contribution in [0.1, 0.15) is 18.4 Å².